The maximum atomic E-state index is 10.5. The van der Waals surface area contributed by atoms with Crippen molar-refractivity contribution >= 4 is 19.3 Å². The predicted molar refractivity (Wildman–Crippen MR) is 26.8 cm³/mol. The van der Waals surface area contributed by atoms with Crippen LogP contribution in [0.3, 0.4) is 0 Å². The zero-order valence-corrected chi connectivity index (χ0v) is 8.98. The molecule has 0 saturated carbocycles. The minimum atomic E-state index is -2.17. The van der Waals surface area contributed by atoms with Gasteiger partial charge in [0.05, 0.1) is 0 Å². The minimum Gasteiger partial charge on any atom is -0.402 e. The van der Waals surface area contributed by atoms with Gasteiger partial charge in [-0.15, -0.1) is 0 Å². The van der Waals surface area contributed by atoms with Crippen molar-refractivity contribution in [3.05, 3.63) is 0 Å². The van der Waals surface area contributed by atoms with E-state index >= 15 is 0 Å². The van der Waals surface area contributed by atoms with Gasteiger partial charge in [0.1, 0.15) is 0 Å². The van der Waals surface area contributed by atoms with Crippen molar-refractivity contribution in [3.63, 3.8) is 0 Å². The van der Waals surface area contributed by atoms with E-state index in [0.717, 1.165) is 0 Å². The van der Waals surface area contributed by atoms with Crippen LogP contribution < -0.4 is 0 Å². The normalized spacial score (nSPS) is 6.85. The van der Waals surface area contributed by atoms with Crippen LogP contribution in [0, 0.1) is 0 Å². The Balaban J connectivity index is -0.000000173. The Morgan fingerprint density at radius 1 is 1.00 bits per heavy atom. The Kier molecular flexibility index (Phi) is 15.9. The summed E-state index contributed by atoms with van der Waals surface area (Å²) in [6, 6.07) is 0. The van der Waals surface area contributed by atoms with Crippen LogP contribution in [-0.2, 0) is 39.0 Å². The van der Waals surface area contributed by atoms with E-state index in [1.165, 1.54) is 0 Å². The Morgan fingerprint density at radius 2 is 1.15 bits per heavy atom. The summed E-state index contributed by atoms with van der Waals surface area (Å²) >= 11 is 0. The standard InChI is InChI=1S/C2F2O4.BH3O3.Zn/c3-7-1(5)2(6)8-4;2-1(3)4;/h;2-4H;. The molecule has 0 aromatic heterocycles. The molecule has 7 nitrogen and oxygen atoms in total. The number of hydrogen-bond donors (Lipinski definition) is 3. The second-order valence-electron chi connectivity index (χ2n) is 1.08. The Morgan fingerprint density at radius 3 is 1.23 bits per heavy atom. The zero-order valence-electron chi connectivity index (χ0n) is 6.02. The molecule has 0 bridgehead atoms. The summed E-state index contributed by atoms with van der Waals surface area (Å²) in [6.07, 6.45) is 0. The van der Waals surface area contributed by atoms with E-state index in [9.17, 15) is 18.6 Å². The van der Waals surface area contributed by atoms with Gasteiger partial charge in [-0.3, -0.25) is 0 Å². The van der Waals surface area contributed by atoms with E-state index in [4.69, 9.17) is 15.1 Å². The SMILES string of the molecule is O=C(OF)C(=O)OF.OB(O)O.[Zn]. The fraction of sp³-hybridized carbons (Fsp3) is 0. The number of carbonyl (C=O) groups excluding carboxylic acids is 2. The second kappa shape index (κ2) is 11.4. The third-order valence-electron chi connectivity index (χ3n) is 0.307. The molecule has 0 spiro atoms. The molecule has 11 heteroatoms. The number of hydrogen-bond acceptors (Lipinski definition) is 7. The van der Waals surface area contributed by atoms with Crippen LogP contribution in [0.2, 0.25) is 0 Å². The second-order valence-corrected chi connectivity index (χ2v) is 1.08. The van der Waals surface area contributed by atoms with E-state index in [0.29, 0.717) is 0 Å². The van der Waals surface area contributed by atoms with Crippen LogP contribution in [0.25, 0.3) is 0 Å². The largest absolute Gasteiger partial charge is 0.631 e. The van der Waals surface area contributed by atoms with Gasteiger partial charge in [-0.2, -0.15) is 0 Å². The molecule has 0 heterocycles. The molecular weight excluding hydrogens is 250 g/mol. The fourth-order valence-corrected chi connectivity index (χ4v) is 0.0630. The van der Waals surface area contributed by atoms with Gasteiger partial charge >= 0.3 is 19.3 Å². The van der Waals surface area contributed by atoms with Gasteiger partial charge in [0.15, 0.2) is 0 Å². The first kappa shape index (κ1) is 18.2. The van der Waals surface area contributed by atoms with Crippen LogP contribution in [0.4, 0.5) is 9.05 Å². The van der Waals surface area contributed by atoms with Crippen molar-refractivity contribution in [3.8, 4) is 0 Å². The third kappa shape index (κ3) is 18.4. The molecule has 0 aromatic rings. The van der Waals surface area contributed by atoms with Crippen LogP contribution in [0.1, 0.15) is 0 Å². The summed E-state index contributed by atoms with van der Waals surface area (Å²) in [4.78, 5) is 23.4. The van der Waals surface area contributed by atoms with Gasteiger partial charge in [0.25, 0.3) is 0 Å². The zero-order chi connectivity index (χ0) is 10.1. The molecule has 0 fully saturated rings. The van der Waals surface area contributed by atoms with Crippen molar-refractivity contribution in [2.45, 2.75) is 0 Å². The summed E-state index contributed by atoms with van der Waals surface area (Å²) in [5.41, 5.74) is 0. The molecule has 0 amide bonds. The predicted octanol–water partition coefficient (Wildman–Crippen LogP) is -2.21. The molecule has 0 aliphatic carbocycles. The third-order valence-corrected chi connectivity index (χ3v) is 0.307. The van der Waals surface area contributed by atoms with Crippen LogP contribution in [-0.4, -0.2) is 34.3 Å². The summed E-state index contributed by atoms with van der Waals surface area (Å²) in [5.74, 6) is -4.04. The summed E-state index contributed by atoms with van der Waals surface area (Å²) in [7, 11) is -2.17. The smallest absolute Gasteiger partial charge is 0.402 e. The Hall–Kier alpha value is -0.632. The first-order valence-electron chi connectivity index (χ1n) is 2.15. The van der Waals surface area contributed by atoms with Gasteiger partial charge in [-0.25, -0.2) is 19.5 Å². The summed E-state index contributed by atoms with van der Waals surface area (Å²) in [6.45, 7) is 0. The van der Waals surface area contributed by atoms with Gasteiger partial charge in [-0.05, 0) is 0 Å². The maximum Gasteiger partial charge on any atom is 0.631 e. The maximum absolute atomic E-state index is 10.5. The van der Waals surface area contributed by atoms with Crippen molar-refractivity contribution in [1.29, 1.82) is 0 Å². The van der Waals surface area contributed by atoms with Crippen LogP contribution in [0.5, 0.6) is 0 Å². The van der Waals surface area contributed by atoms with Gasteiger partial charge < -0.3 is 15.1 Å². The monoisotopic (exact) mass is 252 g/mol. The number of rotatable bonds is 0. The summed E-state index contributed by atoms with van der Waals surface area (Å²) < 4.78 is 21.0. The average Bonchev–Trinajstić information content (AvgIpc) is 2.00. The summed E-state index contributed by atoms with van der Waals surface area (Å²) in [5, 5.41) is 21.5. The molecular formula is C2H3BF2O7Zn. The van der Waals surface area contributed by atoms with E-state index < -0.39 is 19.3 Å². The molecule has 13 heavy (non-hydrogen) atoms. The number of carbonyl (C=O) groups is 2. The quantitative estimate of drug-likeness (QED) is 0.331. The minimum absolute atomic E-state index is 0. The topological polar surface area (TPSA) is 113 Å². The molecule has 0 aliphatic heterocycles. The van der Waals surface area contributed by atoms with E-state index in [-0.39, 0.29) is 19.5 Å². The van der Waals surface area contributed by atoms with Crippen LogP contribution >= 0.6 is 0 Å². The van der Waals surface area contributed by atoms with Crippen molar-refractivity contribution in [2.24, 2.45) is 0 Å². The van der Waals surface area contributed by atoms with Gasteiger partial charge in [0, 0.05) is 28.5 Å². The Bertz CT molecular complexity index is 137. The Labute approximate surface area is 83.0 Å². The molecule has 0 unspecified atom stereocenters. The number of halogens is 2. The molecule has 72 valence electrons. The average molecular weight is 253 g/mol. The first-order valence-corrected chi connectivity index (χ1v) is 2.15. The fourth-order valence-electron chi connectivity index (χ4n) is 0.0630. The molecule has 3 N–H and O–H groups in total. The molecule has 0 aromatic carbocycles. The van der Waals surface area contributed by atoms with E-state index in [1.54, 1.807) is 0 Å². The van der Waals surface area contributed by atoms with Gasteiger partial charge in [0.2, 0.25) is 0 Å². The van der Waals surface area contributed by atoms with Gasteiger partial charge in [-0.1, -0.05) is 0 Å². The van der Waals surface area contributed by atoms with E-state index in [2.05, 4.69) is 9.88 Å². The van der Waals surface area contributed by atoms with E-state index in [1.807, 2.05) is 0 Å². The molecule has 0 atom stereocenters. The van der Waals surface area contributed by atoms with Crippen LogP contribution in [0.15, 0.2) is 0 Å². The first-order chi connectivity index (χ1) is 5.45. The molecule has 0 rings (SSSR count). The van der Waals surface area contributed by atoms with Crippen molar-refractivity contribution < 1.29 is 63.1 Å². The molecule has 0 aliphatic rings. The molecule has 0 radical (unpaired) electrons. The molecule has 0 saturated heterocycles. The van der Waals surface area contributed by atoms with Crippen molar-refractivity contribution in [2.75, 3.05) is 0 Å². The van der Waals surface area contributed by atoms with Crippen molar-refractivity contribution in [1.82, 2.24) is 0 Å².